The lowest BCUT2D eigenvalue weighted by Crippen LogP contribution is -2.13. The largest absolute Gasteiger partial charge is 0.462 e. The van der Waals surface area contributed by atoms with Crippen LogP contribution in [0, 0.1) is 0 Å². The summed E-state index contributed by atoms with van der Waals surface area (Å²) < 4.78 is 10.1. The molecule has 0 spiro atoms. The molecule has 0 radical (unpaired) electrons. The zero-order valence-electron chi connectivity index (χ0n) is 29.8. The van der Waals surface area contributed by atoms with Crippen LogP contribution in [-0.2, 0) is 19.1 Å². The summed E-state index contributed by atoms with van der Waals surface area (Å²) in [5.74, 6) is -0.387. The third kappa shape index (κ3) is 42.0. The number of hydrogen-bond donors (Lipinski definition) is 0. The molecule has 0 aliphatic rings. The molecule has 0 fully saturated rings. The molecule has 0 heterocycles. The van der Waals surface area contributed by atoms with E-state index in [4.69, 9.17) is 9.47 Å². The highest BCUT2D eigenvalue weighted by molar-refractivity contribution is 5.66. The minimum atomic E-state index is -0.207. The Balaban J connectivity index is 0. The molecule has 44 heavy (non-hydrogen) atoms. The third-order valence-corrected chi connectivity index (χ3v) is 7.34. The molecular formula is C40H72O4. The first-order chi connectivity index (χ1) is 21.5. The summed E-state index contributed by atoms with van der Waals surface area (Å²) >= 11 is 0. The molecule has 4 nitrogen and oxygen atoms in total. The predicted molar refractivity (Wildman–Crippen MR) is 192 cm³/mol. The standard InChI is InChI=1S/2C20H36O2/c1-4-6-8-9-10-11-12-13-14-15-16-18-20(17-7-5-2)22-19(3)21;1-3-4-5-6-7-8-9-10-11-12-13-14-15-16-17-18-19-22-20(2)21/h7,9-10,17,20H,4-6,8,11-16,18H2,1-3H3;6-7,17-18H,3-5,8-16,19H2,1-2H3/b;7-6-,18-17-. The van der Waals surface area contributed by atoms with Gasteiger partial charge in [0.25, 0.3) is 0 Å². The van der Waals surface area contributed by atoms with E-state index in [-0.39, 0.29) is 18.0 Å². The topological polar surface area (TPSA) is 52.6 Å². The molecule has 1 atom stereocenters. The van der Waals surface area contributed by atoms with Crippen molar-refractivity contribution >= 4 is 11.9 Å². The van der Waals surface area contributed by atoms with E-state index >= 15 is 0 Å². The van der Waals surface area contributed by atoms with Gasteiger partial charge in [-0.05, 0) is 76.7 Å². The van der Waals surface area contributed by atoms with Gasteiger partial charge < -0.3 is 9.47 Å². The SMILES string of the molecule is CCC=CC(CCCCCCCC=CCCCC)OC(C)=O.CCCC/C=C\CCCCCCCCC/C=C\COC(C)=O. The average molecular weight is 617 g/mol. The Kier molecular flexibility index (Phi) is 38.9. The second-order valence-corrected chi connectivity index (χ2v) is 11.9. The van der Waals surface area contributed by atoms with Crippen molar-refractivity contribution in [3.05, 3.63) is 48.6 Å². The minimum Gasteiger partial charge on any atom is -0.462 e. The Labute approximate surface area is 274 Å². The molecule has 0 amide bonds. The van der Waals surface area contributed by atoms with Crippen molar-refractivity contribution in [1.29, 1.82) is 0 Å². The highest BCUT2D eigenvalue weighted by Crippen LogP contribution is 2.13. The van der Waals surface area contributed by atoms with Crippen LogP contribution in [0.25, 0.3) is 0 Å². The van der Waals surface area contributed by atoms with Crippen molar-refractivity contribution in [2.75, 3.05) is 6.61 Å². The van der Waals surface area contributed by atoms with E-state index in [9.17, 15) is 9.59 Å². The third-order valence-electron chi connectivity index (χ3n) is 7.34. The Bertz CT molecular complexity index is 719. The predicted octanol–water partition coefficient (Wildman–Crippen LogP) is 12.7. The molecule has 0 saturated heterocycles. The fourth-order valence-electron chi connectivity index (χ4n) is 4.71. The Morgan fingerprint density at radius 1 is 0.500 bits per heavy atom. The number of ether oxygens (including phenoxy) is 2. The fourth-order valence-corrected chi connectivity index (χ4v) is 4.71. The summed E-state index contributed by atoms with van der Waals surface area (Å²) in [4.78, 5) is 21.6. The number of carbonyl (C=O) groups excluding carboxylic acids is 2. The zero-order valence-corrected chi connectivity index (χ0v) is 29.8. The first-order valence-electron chi connectivity index (χ1n) is 18.4. The van der Waals surface area contributed by atoms with Crippen molar-refractivity contribution in [3.8, 4) is 0 Å². The summed E-state index contributed by atoms with van der Waals surface area (Å²) in [6.07, 6.45) is 46.4. The Morgan fingerprint density at radius 3 is 1.32 bits per heavy atom. The summed E-state index contributed by atoms with van der Waals surface area (Å²) in [6, 6.07) is 0. The fraction of sp³-hybridized carbons (Fsp3) is 0.750. The second-order valence-electron chi connectivity index (χ2n) is 11.9. The normalized spacial score (nSPS) is 12.3. The van der Waals surface area contributed by atoms with Gasteiger partial charge in [-0.15, -0.1) is 0 Å². The molecular weight excluding hydrogens is 544 g/mol. The van der Waals surface area contributed by atoms with Gasteiger partial charge in [0.05, 0.1) is 0 Å². The molecule has 0 aromatic rings. The highest BCUT2D eigenvalue weighted by Gasteiger charge is 2.07. The maximum absolute atomic E-state index is 11.1. The van der Waals surface area contributed by atoms with Gasteiger partial charge in [0.15, 0.2) is 0 Å². The molecule has 256 valence electrons. The Hall–Kier alpha value is -2.10. The van der Waals surface area contributed by atoms with Crippen molar-refractivity contribution in [2.24, 2.45) is 0 Å². The average Bonchev–Trinajstić information content (AvgIpc) is 3.00. The van der Waals surface area contributed by atoms with Gasteiger partial charge >= 0.3 is 11.9 Å². The van der Waals surface area contributed by atoms with Crippen molar-refractivity contribution < 1.29 is 19.1 Å². The van der Waals surface area contributed by atoms with Crippen LogP contribution >= 0.6 is 0 Å². The molecule has 1 unspecified atom stereocenters. The van der Waals surface area contributed by atoms with Crippen LogP contribution in [0.15, 0.2) is 48.6 Å². The molecule has 0 N–H and O–H groups in total. The van der Waals surface area contributed by atoms with Crippen molar-refractivity contribution in [1.82, 2.24) is 0 Å². The smallest absolute Gasteiger partial charge is 0.303 e. The highest BCUT2D eigenvalue weighted by atomic mass is 16.5. The molecule has 0 aromatic heterocycles. The molecule has 0 saturated carbocycles. The number of carbonyl (C=O) groups is 2. The van der Waals surface area contributed by atoms with E-state index < -0.39 is 0 Å². The van der Waals surface area contributed by atoms with Gasteiger partial charge in [-0.2, -0.15) is 0 Å². The number of hydrogen-bond acceptors (Lipinski definition) is 4. The van der Waals surface area contributed by atoms with E-state index in [1.165, 1.54) is 136 Å². The van der Waals surface area contributed by atoms with Crippen LogP contribution in [0.1, 0.15) is 182 Å². The van der Waals surface area contributed by atoms with E-state index in [2.05, 4.69) is 57.2 Å². The quantitative estimate of drug-likeness (QED) is 0.0476. The molecule has 0 rings (SSSR count). The van der Waals surface area contributed by atoms with E-state index in [0.29, 0.717) is 6.61 Å². The van der Waals surface area contributed by atoms with Crippen LogP contribution in [0.2, 0.25) is 0 Å². The van der Waals surface area contributed by atoms with Gasteiger partial charge in [-0.1, -0.05) is 140 Å². The molecule has 0 aliphatic carbocycles. The maximum Gasteiger partial charge on any atom is 0.303 e. The lowest BCUT2D eigenvalue weighted by Gasteiger charge is -2.12. The maximum atomic E-state index is 11.1. The summed E-state index contributed by atoms with van der Waals surface area (Å²) in [5, 5.41) is 0. The first kappa shape index (κ1) is 44.0. The van der Waals surface area contributed by atoms with Crippen LogP contribution in [0.5, 0.6) is 0 Å². The van der Waals surface area contributed by atoms with E-state index in [1.807, 2.05) is 12.2 Å². The molecule has 4 heteroatoms. The van der Waals surface area contributed by atoms with Gasteiger partial charge in [-0.3, -0.25) is 9.59 Å². The zero-order chi connectivity index (χ0) is 32.8. The number of rotatable bonds is 29. The lowest BCUT2D eigenvalue weighted by atomic mass is 10.1. The second kappa shape index (κ2) is 38.9. The summed E-state index contributed by atoms with van der Waals surface area (Å²) in [7, 11) is 0. The first-order valence-corrected chi connectivity index (χ1v) is 18.4. The molecule has 0 aromatic carbocycles. The lowest BCUT2D eigenvalue weighted by molar-refractivity contribution is -0.144. The van der Waals surface area contributed by atoms with Gasteiger partial charge in [0, 0.05) is 13.8 Å². The van der Waals surface area contributed by atoms with Crippen molar-refractivity contribution in [2.45, 2.75) is 188 Å². The monoisotopic (exact) mass is 617 g/mol. The number of esters is 2. The van der Waals surface area contributed by atoms with Gasteiger partial charge in [-0.25, -0.2) is 0 Å². The van der Waals surface area contributed by atoms with Crippen LogP contribution in [0.3, 0.4) is 0 Å². The Morgan fingerprint density at radius 2 is 0.909 bits per heavy atom. The van der Waals surface area contributed by atoms with Crippen LogP contribution in [0.4, 0.5) is 0 Å². The molecule has 0 aliphatic heterocycles. The van der Waals surface area contributed by atoms with Crippen LogP contribution < -0.4 is 0 Å². The van der Waals surface area contributed by atoms with Crippen LogP contribution in [-0.4, -0.2) is 24.6 Å². The van der Waals surface area contributed by atoms with E-state index in [0.717, 1.165) is 25.7 Å². The summed E-state index contributed by atoms with van der Waals surface area (Å²) in [5.41, 5.74) is 0. The number of unbranched alkanes of at least 4 members (excludes halogenated alkanes) is 17. The van der Waals surface area contributed by atoms with Gasteiger partial charge in [0.1, 0.15) is 12.7 Å². The molecule has 0 bridgehead atoms. The number of allylic oxidation sites excluding steroid dienone is 6. The van der Waals surface area contributed by atoms with Gasteiger partial charge in [0.2, 0.25) is 0 Å². The summed E-state index contributed by atoms with van der Waals surface area (Å²) in [6.45, 7) is 9.92. The minimum absolute atomic E-state index is 0.0288. The van der Waals surface area contributed by atoms with E-state index in [1.54, 1.807) is 0 Å². The van der Waals surface area contributed by atoms with Crippen molar-refractivity contribution in [3.63, 3.8) is 0 Å².